The maximum absolute atomic E-state index is 12.6. The Morgan fingerprint density at radius 1 is 1.14 bits per heavy atom. The molecule has 0 unspecified atom stereocenters. The molecule has 1 amide bonds. The van der Waals surface area contributed by atoms with Crippen LogP contribution in [0.2, 0.25) is 0 Å². The number of benzene rings is 2. The molecule has 0 bridgehead atoms. The van der Waals surface area contributed by atoms with Crippen molar-refractivity contribution in [3.8, 4) is 11.5 Å². The Labute approximate surface area is 167 Å². The van der Waals surface area contributed by atoms with Gasteiger partial charge in [0.05, 0.1) is 0 Å². The molecule has 1 saturated heterocycles. The Balaban J connectivity index is 1.54. The minimum Gasteiger partial charge on any atom is -0.490 e. The van der Waals surface area contributed by atoms with Crippen LogP contribution >= 0.6 is 0 Å². The fraction of sp³-hybridized carbons (Fsp3) is 0.435. The van der Waals surface area contributed by atoms with Crippen LogP contribution in [0.1, 0.15) is 31.7 Å². The average molecular weight is 383 g/mol. The van der Waals surface area contributed by atoms with Gasteiger partial charge in [0.25, 0.3) is 5.91 Å². The van der Waals surface area contributed by atoms with Gasteiger partial charge in [-0.3, -0.25) is 4.79 Å². The smallest absolute Gasteiger partial charge is 0.265 e. The topological polar surface area (TPSA) is 50.8 Å². The Bertz CT molecular complexity index is 768. The van der Waals surface area contributed by atoms with Crippen LogP contribution in [0.5, 0.6) is 11.5 Å². The second-order valence-electron chi connectivity index (χ2n) is 7.47. The summed E-state index contributed by atoms with van der Waals surface area (Å²) in [5.74, 6) is 1.41. The van der Waals surface area contributed by atoms with E-state index < -0.39 is 6.10 Å². The van der Waals surface area contributed by atoms with E-state index in [2.05, 4.69) is 17.3 Å². The van der Waals surface area contributed by atoms with Crippen LogP contribution in [0.15, 0.2) is 48.5 Å². The molecular weight excluding hydrogens is 352 g/mol. The molecule has 2 aromatic rings. The predicted octanol–water partition coefficient (Wildman–Crippen LogP) is 4.26. The highest BCUT2D eigenvalue weighted by Crippen LogP contribution is 2.21. The van der Waals surface area contributed by atoms with Gasteiger partial charge in [-0.25, -0.2) is 0 Å². The highest BCUT2D eigenvalue weighted by Gasteiger charge is 2.20. The van der Waals surface area contributed by atoms with Gasteiger partial charge < -0.3 is 19.7 Å². The first-order valence-corrected chi connectivity index (χ1v) is 10.0. The molecule has 1 heterocycles. The van der Waals surface area contributed by atoms with E-state index in [9.17, 15) is 4.79 Å². The van der Waals surface area contributed by atoms with Crippen LogP contribution in [-0.4, -0.2) is 43.2 Å². The van der Waals surface area contributed by atoms with Crippen LogP contribution in [0, 0.1) is 6.92 Å². The van der Waals surface area contributed by atoms with Crippen LogP contribution in [0.3, 0.4) is 0 Å². The second-order valence-corrected chi connectivity index (χ2v) is 7.47. The monoisotopic (exact) mass is 382 g/mol. The summed E-state index contributed by atoms with van der Waals surface area (Å²) in [6.07, 6.45) is 2.42. The average Bonchev–Trinajstić information content (AvgIpc) is 2.69. The fourth-order valence-electron chi connectivity index (χ4n) is 3.31. The first-order valence-electron chi connectivity index (χ1n) is 10.0. The highest BCUT2D eigenvalue weighted by molar-refractivity contribution is 5.94. The van der Waals surface area contributed by atoms with Gasteiger partial charge in [0, 0.05) is 18.8 Å². The molecule has 5 nitrogen and oxygen atoms in total. The largest absolute Gasteiger partial charge is 0.490 e. The third-order valence-corrected chi connectivity index (χ3v) is 5.02. The second kappa shape index (κ2) is 9.60. The molecule has 3 rings (SSSR count). The molecular formula is C23H30N2O3. The zero-order chi connectivity index (χ0) is 19.9. The summed E-state index contributed by atoms with van der Waals surface area (Å²) in [4.78, 5) is 14.9. The van der Waals surface area contributed by atoms with Gasteiger partial charge in [0.2, 0.25) is 0 Å². The Kier molecular flexibility index (Phi) is 6.93. The number of amides is 1. The van der Waals surface area contributed by atoms with Crippen molar-refractivity contribution in [1.82, 2.24) is 4.90 Å². The minimum atomic E-state index is -0.531. The molecule has 1 fully saturated rings. The van der Waals surface area contributed by atoms with E-state index in [4.69, 9.17) is 9.47 Å². The van der Waals surface area contributed by atoms with Crippen molar-refractivity contribution in [3.05, 3.63) is 54.1 Å². The molecule has 5 heteroatoms. The quantitative estimate of drug-likeness (QED) is 0.777. The van der Waals surface area contributed by atoms with Gasteiger partial charge in [-0.15, -0.1) is 0 Å². The maximum Gasteiger partial charge on any atom is 0.265 e. The van der Waals surface area contributed by atoms with Gasteiger partial charge in [-0.05, 0) is 75.2 Å². The van der Waals surface area contributed by atoms with Crippen LogP contribution in [-0.2, 0) is 4.79 Å². The molecule has 150 valence electrons. The number of hydrogen-bond donors (Lipinski definition) is 1. The summed E-state index contributed by atoms with van der Waals surface area (Å²) in [5, 5.41) is 2.94. The zero-order valence-corrected chi connectivity index (χ0v) is 17.0. The van der Waals surface area contributed by atoms with Gasteiger partial charge in [-0.2, -0.15) is 0 Å². The molecule has 0 saturated carbocycles. The van der Waals surface area contributed by atoms with Crippen molar-refractivity contribution < 1.29 is 14.3 Å². The lowest BCUT2D eigenvalue weighted by molar-refractivity contribution is -0.122. The fourth-order valence-corrected chi connectivity index (χ4v) is 3.31. The molecule has 0 spiro atoms. The number of ether oxygens (including phenoxy) is 2. The molecule has 0 radical (unpaired) electrons. The summed E-state index contributed by atoms with van der Waals surface area (Å²) in [7, 11) is 2.14. The third kappa shape index (κ3) is 5.73. The maximum atomic E-state index is 12.6. The number of carbonyl (C=O) groups excluding carboxylic acids is 1. The normalized spacial score (nSPS) is 16.4. The number of carbonyl (C=O) groups is 1. The summed E-state index contributed by atoms with van der Waals surface area (Å²) >= 11 is 0. The van der Waals surface area contributed by atoms with Gasteiger partial charge in [0.1, 0.15) is 17.6 Å². The van der Waals surface area contributed by atoms with Crippen molar-refractivity contribution in [3.63, 3.8) is 0 Å². The lowest BCUT2D eigenvalue weighted by Gasteiger charge is -2.29. The molecule has 0 aromatic heterocycles. The van der Waals surface area contributed by atoms with Crippen LogP contribution < -0.4 is 14.8 Å². The number of nitrogens with zero attached hydrogens (tertiary/aromatic N) is 1. The number of rotatable bonds is 7. The van der Waals surface area contributed by atoms with E-state index in [1.165, 1.54) is 0 Å². The SMILES string of the molecule is CC[C@H](Oc1cccc(C)c1)C(=O)Nc1ccc(OC2CCN(C)CC2)cc1. The Morgan fingerprint density at radius 2 is 1.86 bits per heavy atom. The zero-order valence-electron chi connectivity index (χ0n) is 17.0. The van der Waals surface area contributed by atoms with Crippen molar-refractivity contribution in [2.24, 2.45) is 0 Å². The van der Waals surface area contributed by atoms with Gasteiger partial charge >= 0.3 is 0 Å². The Hall–Kier alpha value is -2.53. The predicted molar refractivity (Wildman–Crippen MR) is 112 cm³/mol. The van der Waals surface area contributed by atoms with E-state index >= 15 is 0 Å². The Morgan fingerprint density at radius 3 is 2.50 bits per heavy atom. The first-order chi connectivity index (χ1) is 13.5. The number of anilines is 1. The lowest BCUT2D eigenvalue weighted by atomic mass is 10.1. The molecule has 1 N–H and O–H groups in total. The van der Waals surface area contributed by atoms with Gasteiger partial charge in [-0.1, -0.05) is 19.1 Å². The minimum absolute atomic E-state index is 0.145. The number of nitrogens with one attached hydrogen (secondary N) is 1. The molecule has 2 aromatic carbocycles. The van der Waals surface area contributed by atoms with Crippen molar-refractivity contribution in [1.29, 1.82) is 0 Å². The summed E-state index contributed by atoms with van der Waals surface area (Å²) in [5.41, 5.74) is 1.85. The van der Waals surface area contributed by atoms with Crippen molar-refractivity contribution in [2.75, 3.05) is 25.5 Å². The standard InChI is InChI=1S/C23H30N2O3/c1-4-22(28-21-7-5-6-17(2)16-21)23(26)24-18-8-10-19(11-9-18)27-20-12-14-25(3)15-13-20/h5-11,16,20,22H,4,12-15H2,1-3H3,(H,24,26)/t22-/m0/s1. The van der Waals surface area contributed by atoms with Gasteiger partial charge in [0.15, 0.2) is 6.10 Å². The molecule has 1 atom stereocenters. The summed E-state index contributed by atoms with van der Waals surface area (Å²) in [6, 6.07) is 15.3. The first kappa shape index (κ1) is 20.2. The van der Waals surface area contributed by atoms with E-state index in [1.54, 1.807) is 0 Å². The number of piperidine rings is 1. The lowest BCUT2D eigenvalue weighted by Crippen LogP contribution is -2.35. The summed E-state index contributed by atoms with van der Waals surface area (Å²) in [6.45, 7) is 6.08. The number of likely N-dealkylation sites (tertiary alicyclic amines) is 1. The van der Waals surface area contributed by atoms with Crippen LogP contribution in [0.25, 0.3) is 0 Å². The van der Waals surface area contributed by atoms with Crippen molar-refractivity contribution in [2.45, 2.75) is 45.3 Å². The molecule has 0 aliphatic carbocycles. The molecule has 1 aliphatic heterocycles. The molecule has 28 heavy (non-hydrogen) atoms. The highest BCUT2D eigenvalue weighted by atomic mass is 16.5. The van der Waals surface area contributed by atoms with E-state index in [1.807, 2.05) is 62.4 Å². The van der Waals surface area contributed by atoms with E-state index in [0.29, 0.717) is 12.2 Å². The van der Waals surface area contributed by atoms with Crippen molar-refractivity contribution >= 4 is 11.6 Å². The number of aryl methyl sites for hydroxylation is 1. The van der Waals surface area contributed by atoms with E-state index in [-0.39, 0.29) is 12.0 Å². The third-order valence-electron chi connectivity index (χ3n) is 5.02. The molecule has 1 aliphatic rings. The van der Waals surface area contributed by atoms with Crippen LogP contribution in [0.4, 0.5) is 5.69 Å². The van der Waals surface area contributed by atoms with E-state index in [0.717, 1.165) is 42.9 Å². The summed E-state index contributed by atoms with van der Waals surface area (Å²) < 4.78 is 11.9. The number of hydrogen-bond acceptors (Lipinski definition) is 4.